The van der Waals surface area contributed by atoms with E-state index in [0.29, 0.717) is 13.1 Å². The first-order valence-corrected chi connectivity index (χ1v) is 6.72. The van der Waals surface area contributed by atoms with Gasteiger partial charge < -0.3 is 10.4 Å². The van der Waals surface area contributed by atoms with Gasteiger partial charge in [-0.2, -0.15) is 5.10 Å². The standard InChI is InChI=1S/C16H21N3O/c1-16(20,15-11-18-19(2)12-15)13-17-10-6-9-14-7-4-3-5-8-14/h3-9,11-12,17,20H,10,13H2,1-2H3. The molecule has 0 saturated carbocycles. The highest BCUT2D eigenvalue weighted by atomic mass is 16.3. The summed E-state index contributed by atoms with van der Waals surface area (Å²) in [7, 11) is 1.84. The third-order valence-electron chi connectivity index (χ3n) is 3.17. The smallest absolute Gasteiger partial charge is 0.102 e. The average molecular weight is 271 g/mol. The highest BCUT2D eigenvalue weighted by Crippen LogP contribution is 2.18. The van der Waals surface area contributed by atoms with Crippen LogP contribution in [0.1, 0.15) is 18.1 Å². The monoisotopic (exact) mass is 271 g/mol. The number of aromatic nitrogens is 2. The summed E-state index contributed by atoms with van der Waals surface area (Å²) in [4.78, 5) is 0. The van der Waals surface area contributed by atoms with Gasteiger partial charge in [-0.15, -0.1) is 0 Å². The Morgan fingerprint density at radius 1 is 1.35 bits per heavy atom. The number of hydrogen-bond acceptors (Lipinski definition) is 3. The summed E-state index contributed by atoms with van der Waals surface area (Å²) >= 11 is 0. The maximum absolute atomic E-state index is 10.4. The molecular weight excluding hydrogens is 250 g/mol. The van der Waals surface area contributed by atoms with Crippen LogP contribution in [0.4, 0.5) is 0 Å². The Kier molecular flexibility index (Phi) is 4.71. The molecule has 2 N–H and O–H groups in total. The fourth-order valence-corrected chi connectivity index (χ4v) is 1.96. The summed E-state index contributed by atoms with van der Waals surface area (Å²) in [6.45, 7) is 2.99. The molecule has 1 heterocycles. The highest BCUT2D eigenvalue weighted by Gasteiger charge is 2.23. The van der Waals surface area contributed by atoms with Crippen LogP contribution in [0.15, 0.2) is 48.8 Å². The second-order valence-corrected chi connectivity index (χ2v) is 5.12. The minimum atomic E-state index is -0.908. The number of aryl methyl sites for hydroxylation is 1. The largest absolute Gasteiger partial charge is 0.384 e. The number of rotatable bonds is 6. The molecule has 0 amide bonds. The zero-order chi connectivity index (χ0) is 14.4. The second kappa shape index (κ2) is 6.50. The van der Waals surface area contributed by atoms with E-state index in [9.17, 15) is 5.11 Å². The first kappa shape index (κ1) is 14.5. The maximum atomic E-state index is 10.4. The molecule has 1 atom stereocenters. The van der Waals surface area contributed by atoms with Crippen molar-refractivity contribution in [3.8, 4) is 0 Å². The first-order valence-electron chi connectivity index (χ1n) is 6.72. The predicted molar refractivity (Wildman–Crippen MR) is 81.1 cm³/mol. The second-order valence-electron chi connectivity index (χ2n) is 5.12. The van der Waals surface area contributed by atoms with E-state index < -0.39 is 5.60 Å². The van der Waals surface area contributed by atoms with Gasteiger partial charge in [0.15, 0.2) is 0 Å². The molecule has 20 heavy (non-hydrogen) atoms. The molecule has 4 nitrogen and oxygen atoms in total. The van der Waals surface area contributed by atoms with Crippen LogP contribution in [0, 0.1) is 0 Å². The van der Waals surface area contributed by atoms with Crippen molar-refractivity contribution in [2.45, 2.75) is 12.5 Å². The van der Waals surface area contributed by atoms with Crippen molar-refractivity contribution >= 4 is 6.08 Å². The molecule has 4 heteroatoms. The topological polar surface area (TPSA) is 50.1 Å². The molecule has 0 aliphatic rings. The molecular formula is C16H21N3O. The molecule has 0 saturated heterocycles. The van der Waals surface area contributed by atoms with Crippen LogP contribution in [0.2, 0.25) is 0 Å². The van der Waals surface area contributed by atoms with Gasteiger partial charge in [0.05, 0.1) is 6.20 Å². The Bertz CT molecular complexity index is 558. The van der Waals surface area contributed by atoms with Gasteiger partial charge in [0.1, 0.15) is 5.60 Å². The van der Waals surface area contributed by atoms with E-state index in [4.69, 9.17) is 0 Å². The lowest BCUT2D eigenvalue weighted by atomic mass is 10.00. The van der Waals surface area contributed by atoms with Crippen molar-refractivity contribution < 1.29 is 5.11 Å². The molecule has 0 radical (unpaired) electrons. The van der Waals surface area contributed by atoms with Gasteiger partial charge in [0.25, 0.3) is 0 Å². The summed E-state index contributed by atoms with van der Waals surface area (Å²) in [5, 5.41) is 17.7. The number of hydrogen-bond donors (Lipinski definition) is 2. The summed E-state index contributed by atoms with van der Waals surface area (Å²) < 4.78 is 1.69. The first-order chi connectivity index (χ1) is 9.58. The highest BCUT2D eigenvalue weighted by molar-refractivity contribution is 5.48. The Morgan fingerprint density at radius 2 is 2.10 bits per heavy atom. The van der Waals surface area contributed by atoms with E-state index in [1.54, 1.807) is 17.8 Å². The fraction of sp³-hybridized carbons (Fsp3) is 0.312. The van der Waals surface area contributed by atoms with Gasteiger partial charge in [0.2, 0.25) is 0 Å². The van der Waals surface area contributed by atoms with Gasteiger partial charge >= 0.3 is 0 Å². The SMILES string of the molecule is Cn1cc(C(C)(O)CNCC=Cc2ccccc2)cn1. The molecule has 1 aromatic carbocycles. The van der Waals surface area contributed by atoms with Crippen LogP contribution in [0.5, 0.6) is 0 Å². The van der Waals surface area contributed by atoms with Crippen molar-refractivity contribution in [3.63, 3.8) is 0 Å². The van der Waals surface area contributed by atoms with Crippen molar-refractivity contribution in [2.24, 2.45) is 7.05 Å². The van der Waals surface area contributed by atoms with E-state index in [-0.39, 0.29) is 0 Å². The van der Waals surface area contributed by atoms with Gasteiger partial charge in [-0.05, 0) is 12.5 Å². The number of benzene rings is 1. The number of nitrogens with zero attached hydrogens (tertiary/aromatic N) is 2. The Balaban J connectivity index is 1.79. The quantitative estimate of drug-likeness (QED) is 0.789. The lowest BCUT2D eigenvalue weighted by Crippen LogP contribution is -2.35. The summed E-state index contributed by atoms with van der Waals surface area (Å²) in [5.41, 5.74) is 1.09. The molecule has 0 fully saturated rings. The van der Waals surface area contributed by atoms with Crippen molar-refractivity contribution in [1.82, 2.24) is 15.1 Å². The minimum Gasteiger partial charge on any atom is -0.384 e. The predicted octanol–water partition coefficient (Wildman–Crippen LogP) is 1.93. The lowest BCUT2D eigenvalue weighted by molar-refractivity contribution is 0.0580. The molecule has 0 aliphatic heterocycles. The van der Waals surface area contributed by atoms with Crippen molar-refractivity contribution in [3.05, 3.63) is 59.9 Å². The van der Waals surface area contributed by atoms with Gasteiger partial charge in [0, 0.05) is 31.9 Å². The molecule has 0 aliphatic carbocycles. The summed E-state index contributed by atoms with van der Waals surface area (Å²) in [6, 6.07) is 10.1. The molecule has 0 spiro atoms. The fourth-order valence-electron chi connectivity index (χ4n) is 1.96. The van der Waals surface area contributed by atoms with E-state index in [1.165, 1.54) is 5.56 Å². The third-order valence-corrected chi connectivity index (χ3v) is 3.17. The van der Waals surface area contributed by atoms with Crippen LogP contribution in [-0.2, 0) is 12.6 Å². The maximum Gasteiger partial charge on any atom is 0.102 e. The van der Waals surface area contributed by atoms with Crippen LogP contribution >= 0.6 is 0 Å². The van der Waals surface area contributed by atoms with E-state index >= 15 is 0 Å². The lowest BCUT2D eigenvalue weighted by Gasteiger charge is -2.21. The van der Waals surface area contributed by atoms with Crippen molar-refractivity contribution in [1.29, 1.82) is 0 Å². The molecule has 2 aromatic rings. The number of nitrogens with one attached hydrogen (secondary N) is 1. The van der Waals surface area contributed by atoms with Crippen LogP contribution in [0.3, 0.4) is 0 Å². The molecule has 106 valence electrons. The minimum absolute atomic E-state index is 0.484. The Labute approximate surface area is 119 Å². The zero-order valence-corrected chi connectivity index (χ0v) is 12.0. The van der Waals surface area contributed by atoms with E-state index in [0.717, 1.165) is 5.56 Å². The Morgan fingerprint density at radius 3 is 2.75 bits per heavy atom. The number of aliphatic hydroxyl groups is 1. The normalized spacial score (nSPS) is 14.6. The zero-order valence-electron chi connectivity index (χ0n) is 12.0. The summed E-state index contributed by atoms with van der Waals surface area (Å²) in [5.74, 6) is 0. The van der Waals surface area contributed by atoms with E-state index in [1.807, 2.05) is 31.4 Å². The summed E-state index contributed by atoms with van der Waals surface area (Å²) in [6.07, 6.45) is 7.64. The van der Waals surface area contributed by atoms with Crippen LogP contribution in [-0.4, -0.2) is 28.0 Å². The van der Waals surface area contributed by atoms with Gasteiger partial charge in [-0.3, -0.25) is 4.68 Å². The van der Waals surface area contributed by atoms with Gasteiger partial charge in [-0.1, -0.05) is 42.5 Å². The van der Waals surface area contributed by atoms with Crippen molar-refractivity contribution in [2.75, 3.05) is 13.1 Å². The molecule has 1 aromatic heterocycles. The Hall–Kier alpha value is -1.91. The van der Waals surface area contributed by atoms with Gasteiger partial charge in [-0.25, -0.2) is 0 Å². The van der Waals surface area contributed by atoms with Crippen LogP contribution in [0.25, 0.3) is 6.08 Å². The average Bonchev–Trinajstić information content (AvgIpc) is 2.87. The molecule has 1 unspecified atom stereocenters. The van der Waals surface area contributed by atoms with Crippen LogP contribution < -0.4 is 5.32 Å². The molecule has 2 rings (SSSR count). The molecule has 0 bridgehead atoms. The van der Waals surface area contributed by atoms with E-state index in [2.05, 4.69) is 34.7 Å². The third kappa shape index (κ3) is 4.05.